The minimum absolute atomic E-state index is 0.0585. The van der Waals surface area contributed by atoms with Crippen molar-refractivity contribution < 1.29 is 22.8 Å². The van der Waals surface area contributed by atoms with Crippen LogP contribution in [-0.2, 0) is 28.7 Å². The fraction of sp³-hybridized carbons (Fsp3) is 0.308. The normalized spacial score (nSPS) is 17.0. The van der Waals surface area contributed by atoms with Crippen molar-refractivity contribution in [3.8, 4) is 0 Å². The molecule has 2 aliphatic rings. The molecule has 2 aromatic carbocycles. The summed E-state index contributed by atoms with van der Waals surface area (Å²) in [6.45, 7) is 3.79. The molecule has 1 saturated heterocycles. The van der Waals surface area contributed by atoms with Crippen molar-refractivity contribution in [3.63, 3.8) is 0 Å². The third-order valence-corrected chi connectivity index (χ3v) is 6.59. The summed E-state index contributed by atoms with van der Waals surface area (Å²) in [6.07, 6.45) is 1.88. The molecule has 8 heteroatoms. The van der Waals surface area contributed by atoms with Crippen molar-refractivity contribution in [2.75, 3.05) is 18.4 Å². The Labute approximate surface area is 194 Å². The number of benzene rings is 2. The van der Waals surface area contributed by atoms with Crippen LogP contribution in [0.5, 0.6) is 0 Å². The summed E-state index contributed by atoms with van der Waals surface area (Å²) in [4.78, 5) is 27.4. The van der Waals surface area contributed by atoms with Crippen LogP contribution in [0.2, 0.25) is 0 Å². The van der Waals surface area contributed by atoms with Gasteiger partial charge in [0.1, 0.15) is 6.54 Å². The molecule has 0 aliphatic carbocycles. The first-order valence-electron chi connectivity index (χ1n) is 11.4. The lowest BCUT2D eigenvalue weighted by molar-refractivity contribution is -0.137. The zero-order chi connectivity index (χ0) is 24.0. The molecule has 0 atom stereocenters. The molecule has 5 nitrogen and oxygen atoms in total. The highest BCUT2D eigenvalue weighted by Crippen LogP contribution is 2.39. The molecule has 0 saturated carbocycles. The Bertz CT molecular complexity index is 1330. The molecule has 1 N–H and O–H groups in total. The molecule has 0 spiro atoms. The lowest BCUT2D eigenvalue weighted by Crippen LogP contribution is -2.30. The van der Waals surface area contributed by atoms with E-state index in [-0.39, 0.29) is 18.1 Å². The van der Waals surface area contributed by atoms with Crippen LogP contribution in [0, 0.1) is 0 Å². The van der Waals surface area contributed by atoms with Crippen LogP contribution in [0.4, 0.5) is 18.9 Å². The number of alkyl halides is 3. The molecule has 3 aromatic rings. The second-order valence-electron chi connectivity index (χ2n) is 8.74. The Morgan fingerprint density at radius 1 is 1.15 bits per heavy atom. The minimum atomic E-state index is -4.49. The molecular weight excluding hydrogens is 443 g/mol. The first-order chi connectivity index (χ1) is 16.3. The van der Waals surface area contributed by atoms with Crippen LogP contribution in [0.25, 0.3) is 22.6 Å². The van der Waals surface area contributed by atoms with Gasteiger partial charge in [0, 0.05) is 47.1 Å². The fourth-order valence-corrected chi connectivity index (χ4v) is 4.87. The number of para-hydroxylation sites is 1. The average Bonchev–Trinajstić information content (AvgIpc) is 3.52. The number of carbonyl (C=O) groups excluding carboxylic acids is 2. The summed E-state index contributed by atoms with van der Waals surface area (Å²) in [6, 6.07) is 9.18. The molecule has 3 heterocycles. The van der Waals surface area contributed by atoms with Gasteiger partial charge in [0.15, 0.2) is 0 Å². The maximum absolute atomic E-state index is 13.1. The summed E-state index contributed by atoms with van der Waals surface area (Å²) in [5.74, 6) is -0.391. The number of rotatable bonds is 4. The number of carbonyl (C=O) groups is 2. The smallest absolute Gasteiger partial charge is 0.341 e. The van der Waals surface area contributed by atoms with E-state index in [1.54, 1.807) is 6.08 Å². The first kappa shape index (κ1) is 22.3. The fourth-order valence-electron chi connectivity index (χ4n) is 4.87. The van der Waals surface area contributed by atoms with Crippen molar-refractivity contribution >= 4 is 40.1 Å². The van der Waals surface area contributed by atoms with E-state index >= 15 is 0 Å². The van der Waals surface area contributed by atoms with Crippen LogP contribution in [0.15, 0.2) is 42.6 Å². The quantitative estimate of drug-likeness (QED) is 0.527. The highest BCUT2D eigenvalue weighted by Gasteiger charge is 2.33. The van der Waals surface area contributed by atoms with Gasteiger partial charge >= 0.3 is 6.18 Å². The SMILES string of the molecule is CCc1cccc2c(/C=C3/C(=O)Nc4cc(C(F)(F)F)ccc43)cn(CC(=O)N3CCCC3)c12. The summed E-state index contributed by atoms with van der Waals surface area (Å²) < 4.78 is 41.2. The second-order valence-corrected chi connectivity index (χ2v) is 8.74. The van der Waals surface area contributed by atoms with Gasteiger partial charge in [0.05, 0.1) is 11.1 Å². The van der Waals surface area contributed by atoms with Crippen LogP contribution in [0.1, 0.15) is 42.0 Å². The van der Waals surface area contributed by atoms with Crippen LogP contribution < -0.4 is 5.32 Å². The third kappa shape index (κ3) is 3.87. The number of anilines is 1. The maximum atomic E-state index is 13.1. The Morgan fingerprint density at radius 2 is 1.91 bits per heavy atom. The molecule has 5 rings (SSSR count). The maximum Gasteiger partial charge on any atom is 0.416 e. The predicted molar refractivity (Wildman–Crippen MR) is 125 cm³/mol. The molecule has 34 heavy (non-hydrogen) atoms. The van der Waals surface area contributed by atoms with Gasteiger partial charge in [-0.05, 0) is 43.0 Å². The number of amides is 2. The highest BCUT2D eigenvalue weighted by atomic mass is 19.4. The molecule has 1 fully saturated rings. The largest absolute Gasteiger partial charge is 0.416 e. The van der Waals surface area contributed by atoms with E-state index in [1.807, 2.05) is 40.8 Å². The van der Waals surface area contributed by atoms with Gasteiger partial charge in [-0.2, -0.15) is 13.2 Å². The van der Waals surface area contributed by atoms with Crippen LogP contribution in [0.3, 0.4) is 0 Å². The highest BCUT2D eigenvalue weighted by molar-refractivity contribution is 6.35. The van der Waals surface area contributed by atoms with E-state index in [0.29, 0.717) is 11.1 Å². The van der Waals surface area contributed by atoms with Crippen LogP contribution >= 0.6 is 0 Å². The number of halogens is 3. The lowest BCUT2D eigenvalue weighted by atomic mass is 10.0. The Hall–Kier alpha value is -3.55. The van der Waals surface area contributed by atoms with Crippen molar-refractivity contribution in [2.45, 2.75) is 38.9 Å². The Morgan fingerprint density at radius 3 is 2.62 bits per heavy atom. The second kappa shape index (κ2) is 8.34. The van der Waals surface area contributed by atoms with Gasteiger partial charge in [-0.25, -0.2) is 0 Å². The molecule has 176 valence electrons. The van der Waals surface area contributed by atoms with Gasteiger partial charge in [-0.15, -0.1) is 0 Å². The van der Waals surface area contributed by atoms with E-state index < -0.39 is 17.6 Å². The van der Waals surface area contributed by atoms with Crippen LogP contribution in [-0.4, -0.2) is 34.4 Å². The van der Waals surface area contributed by atoms with E-state index in [1.165, 1.54) is 6.07 Å². The number of hydrogen-bond acceptors (Lipinski definition) is 2. The van der Waals surface area contributed by atoms with Gasteiger partial charge in [-0.3, -0.25) is 9.59 Å². The minimum Gasteiger partial charge on any atom is -0.341 e. The molecule has 2 amide bonds. The lowest BCUT2D eigenvalue weighted by Gasteiger charge is -2.16. The molecular formula is C26H24F3N3O2. The molecule has 0 unspecified atom stereocenters. The van der Waals surface area contributed by atoms with E-state index in [0.717, 1.165) is 66.5 Å². The number of likely N-dealkylation sites (tertiary alicyclic amines) is 1. The number of hydrogen-bond donors (Lipinski definition) is 1. The predicted octanol–water partition coefficient (Wildman–Crippen LogP) is 5.34. The Kier molecular flexibility index (Phi) is 5.46. The molecule has 0 bridgehead atoms. The van der Waals surface area contributed by atoms with Gasteiger partial charge in [-0.1, -0.05) is 31.2 Å². The monoisotopic (exact) mass is 467 g/mol. The number of nitrogens with one attached hydrogen (secondary N) is 1. The number of fused-ring (bicyclic) bond motifs is 2. The van der Waals surface area contributed by atoms with Gasteiger partial charge in [0.2, 0.25) is 5.91 Å². The van der Waals surface area contributed by atoms with Gasteiger partial charge < -0.3 is 14.8 Å². The zero-order valence-corrected chi connectivity index (χ0v) is 18.7. The first-order valence-corrected chi connectivity index (χ1v) is 11.4. The third-order valence-electron chi connectivity index (χ3n) is 6.59. The zero-order valence-electron chi connectivity index (χ0n) is 18.7. The summed E-state index contributed by atoms with van der Waals surface area (Å²) in [7, 11) is 0. The van der Waals surface area contributed by atoms with Crippen molar-refractivity contribution in [3.05, 3.63) is 64.8 Å². The standard InChI is InChI=1S/C26H24F3N3O2/c1-2-16-6-5-7-19-17(14-32(24(16)19)15-23(33)31-10-3-4-11-31)12-21-20-9-8-18(26(27,28)29)13-22(20)30-25(21)34/h5-9,12-14H,2-4,10-11,15H2,1H3,(H,30,34)/b21-12+. The van der Waals surface area contributed by atoms with E-state index in [4.69, 9.17) is 0 Å². The number of aryl methyl sites for hydroxylation is 1. The number of aromatic nitrogens is 1. The van der Waals surface area contributed by atoms with Crippen molar-refractivity contribution in [1.82, 2.24) is 9.47 Å². The Balaban J connectivity index is 1.58. The molecule has 0 radical (unpaired) electrons. The van der Waals surface area contributed by atoms with Gasteiger partial charge in [0.25, 0.3) is 5.91 Å². The van der Waals surface area contributed by atoms with Crippen molar-refractivity contribution in [1.29, 1.82) is 0 Å². The summed E-state index contributed by atoms with van der Waals surface area (Å²) >= 11 is 0. The molecule has 2 aliphatic heterocycles. The number of nitrogens with zero attached hydrogens (tertiary/aromatic N) is 2. The summed E-state index contributed by atoms with van der Waals surface area (Å²) in [5, 5.41) is 3.45. The average molecular weight is 467 g/mol. The van der Waals surface area contributed by atoms with E-state index in [2.05, 4.69) is 5.32 Å². The molecule has 1 aromatic heterocycles. The summed E-state index contributed by atoms with van der Waals surface area (Å²) in [5.41, 5.74) is 2.84. The topological polar surface area (TPSA) is 54.3 Å². The van der Waals surface area contributed by atoms with E-state index in [9.17, 15) is 22.8 Å². The van der Waals surface area contributed by atoms with Crippen molar-refractivity contribution in [2.24, 2.45) is 0 Å².